The molecule has 9 heteroatoms. The Labute approximate surface area is 153 Å². The van der Waals surface area contributed by atoms with Crippen molar-refractivity contribution >= 4 is 45.9 Å². The van der Waals surface area contributed by atoms with E-state index in [1.807, 2.05) is 6.26 Å². The minimum absolute atomic E-state index is 0.0790. The molecule has 2 aliphatic rings. The normalized spacial score (nSPS) is 24.4. The zero-order chi connectivity index (χ0) is 18.1. The number of aliphatic carboxylic acids is 1. The molecule has 1 aromatic rings. The molecule has 2 bridgehead atoms. The average molecular weight is 384 g/mol. The highest BCUT2D eigenvalue weighted by Crippen LogP contribution is 2.50. The van der Waals surface area contributed by atoms with Crippen molar-refractivity contribution in [3.63, 3.8) is 0 Å². The molecule has 3 atom stereocenters. The highest BCUT2D eigenvalue weighted by atomic mass is 32.2. The van der Waals surface area contributed by atoms with E-state index in [-0.39, 0.29) is 22.5 Å². The van der Waals surface area contributed by atoms with Crippen LogP contribution in [0.15, 0.2) is 0 Å². The van der Waals surface area contributed by atoms with Gasteiger partial charge in [-0.15, -0.1) is 11.3 Å². The van der Waals surface area contributed by atoms with Crippen LogP contribution in [0.25, 0.3) is 0 Å². The second-order valence-electron chi connectivity index (χ2n) is 6.28. The molecule has 0 spiro atoms. The molecule has 0 aromatic carbocycles. The van der Waals surface area contributed by atoms with Crippen LogP contribution in [-0.4, -0.2) is 58.1 Å². The molecule has 2 aliphatic heterocycles. The van der Waals surface area contributed by atoms with Gasteiger partial charge in [0.05, 0.1) is 5.56 Å². The van der Waals surface area contributed by atoms with E-state index in [1.165, 1.54) is 11.3 Å². The Hall–Kier alpha value is -1.58. The third-order valence-corrected chi connectivity index (χ3v) is 6.68. The summed E-state index contributed by atoms with van der Waals surface area (Å²) in [4.78, 5) is 37.7. The first-order valence-corrected chi connectivity index (χ1v) is 10.3. The molecule has 1 amide bonds. The largest absolute Gasteiger partial charge is 0.478 e. The third-order valence-electron chi connectivity index (χ3n) is 4.81. The Morgan fingerprint density at radius 3 is 2.76 bits per heavy atom. The molecule has 1 aromatic heterocycles. The lowest BCUT2D eigenvalue weighted by atomic mass is 9.81. The number of carboxylic acid groups (broad SMARTS) is 2. The molecule has 0 saturated carbocycles. The predicted molar refractivity (Wildman–Crippen MR) is 96.8 cm³/mol. The SMILES string of the molecule is CSCCC1c2sc(NC(=O)C(=O)O)c(C(=O)O)c2C2CCCN1C2. The maximum absolute atomic E-state index is 11.9. The van der Waals surface area contributed by atoms with E-state index >= 15 is 0 Å². The first-order valence-electron chi connectivity index (χ1n) is 8.11. The van der Waals surface area contributed by atoms with Crippen LogP contribution in [0.1, 0.15) is 52.0 Å². The van der Waals surface area contributed by atoms with Crippen molar-refractivity contribution < 1.29 is 24.6 Å². The number of amides is 1. The van der Waals surface area contributed by atoms with E-state index in [1.54, 1.807) is 11.8 Å². The van der Waals surface area contributed by atoms with Gasteiger partial charge >= 0.3 is 17.8 Å². The fourth-order valence-corrected chi connectivity index (χ4v) is 5.71. The summed E-state index contributed by atoms with van der Waals surface area (Å²) in [7, 11) is 0. The number of thiophene rings is 1. The smallest absolute Gasteiger partial charge is 0.394 e. The summed E-state index contributed by atoms with van der Waals surface area (Å²) in [6.07, 6.45) is 4.89. The second kappa shape index (κ2) is 7.35. The summed E-state index contributed by atoms with van der Waals surface area (Å²) < 4.78 is 0. The summed E-state index contributed by atoms with van der Waals surface area (Å²) in [5.41, 5.74) is 0.885. The number of nitrogens with one attached hydrogen (secondary N) is 1. The number of nitrogens with zero attached hydrogens (tertiary/aromatic N) is 1. The van der Waals surface area contributed by atoms with Crippen molar-refractivity contribution in [3.8, 4) is 0 Å². The first kappa shape index (κ1) is 18.2. The van der Waals surface area contributed by atoms with Gasteiger partial charge in [-0.2, -0.15) is 11.8 Å². The monoisotopic (exact) mass is 384 g/mol. The molecule has 3 rings (SSSR count). The van der Waals surface area contributed by atoms with Crippen molar-refractivity contribution in [2.45, 2.75) is 31.2 Å². The number of carboxylic acids is 2. The van der Waals surface area contributed by atoms with Crippen LogP contribution in [0.2, 0.25) is 0 Å². The Balaban J connectivity index is 2.07. The molecule has 1 fully saturated rings. The molecule has 25 heavy (non-hydrogen) atoms. The summed E-state index contributed by atoms with van der Waals surface area (Å²) in [6, 6.07) is 0.137. The minimum Gasteiger partial charge on any atom is -0.478 e. The standard InChI is InChI=1S/C16H20N2O5S2/c1-24-6-4-9-12-10(8-3-2-5-18(9)7-8)11(15(20)21)14(25-12)17-13(19)16(22)23/h8-9H,2-7H2,1H3,(H,17,19)(H,20,21)(H,22,23). The lowest BCUT2D eigenvalue weighted by Crippen LogP contribution is -2.42. The minimum atomic E-state index is -1.62. The van der Waals surface area contributed by atoms with Crippen LogP contribution in [-0.2, 0) is 9.59 Å². The predicted octanol–water partition coefficient (Wildman–Crippen LogP) is 2.46. The van der Waals surface area contributed by atoms with Crippen molar-refractivity contribution in [1.29, 1.82) is 0 Å². The van der Waals surface area contributed by atoms with Gasteiger partial charge in [-0.25, -0.2) is 9.59 Å². The lowest BCUT2D eigenvalue weighted by Gasteiger charge is -2.43. The first-order chi connectivity index (χ1) is 11.9. The molecule has 1 saturated heterocycles. The Bertz CT molecular complexity index is 718. The van der Waals surface area contributed by atoms with Crippen LogP contribution in [0, 0.1) is 0 Å². The molecule has 0 aliphatic carbocycles. The highest BCUT2D eigenvalue weighted by molar-refractivity contribution is 7.98. The Morgan fingerprint density at radius 2 is 2.12 bits per heavy atom. The maximum atomic E-state index is 11.9. The van der Waals surface area contributed by atoms with Gasteiger partial charge in [0, 0.05) is 17.5 Å². The lowest BCUT2D eigenvalue weighted by molar-refractivity contribution is -0.147. The Kier molecular flexibility index (Phi) is 5.35. The number of carbonyl (C=O) groups is 3. The Morgan fingerprint density at radius 1 is 1.36 bits per heavy atom. The van der Waals surface area contributed by atoms with Gasteiger partial charge in [-0.1, -0.05) is 0 Å². The van der Waals surface area contributed by atoms with E-state index in [9.17, 15) is 19.5 Å². The van der Waals surface area contributed by atoms with Gasteiger partial charge in [0.1, 0.15) is 5.00 Å². The quantitative estimate of drug-likeness (QED) is 0.669. The molecular formula is C16H20N2O5S2. The summed E-state index contributed by atoms with van der Waals surface area (Å²) in [5.74, 6) is -2.84. The summed E-state index contributed by atoms with van der Waals surface area (Å²) in [6.45, 7) is 1.82. The number of hydrogen-bond donors (Lipinski definition) is 3. The van der Waals surface area contributed by atoms with E-state index in [4.69, 9.17) is 5.11 Å². The molecule has 7 nitrogen and oxygen atoms in total. The zero-order valence-corrected chi connectivity index (χ0v) is 15.4. The molecular weight excluding hydrogens is 364 g/mol. The van der Waals surface area contributed by atoms with Crippen molar-refractivity contribution in [2.24, 2.45) is 0 Å². The molecule has 3 N–H and O–H groups in total. The molecule has 3 unspecified atom stereocenters. The van der Waals surface area contributed by atoms with Gasteiger partial charge < -0.3 is 15.5 Å². The zero-order valence-electron chi connectivity index (χ0n) is 13.8. The maximum Gasteiger partial charge on any atom is 0.394 e. The van der Waals surface area contributed by atoms with Gasteiger partial charge in [-0.3, -0.25) is 9.69 Å². The number of piperidine rings is 1. The van der Waals surface area contributed by atoms with Crippen LogP contribution >= 0.6 is 23.1 Å². The number of fused-ring (bicyclic) bond motifs is 4. The van der Waals surface area contributed by atoms with Crippen LogP contribution < -0.4 is 5.32 Å². The highest BCUT2D eigenvalue weighted by Gasteiger charge is 2.41. The van der Waals surface area contributed by atoms with Crippen LogP contribution in [0.5, 0.6) is 0 Å². The van der Waals surface area contributed by atoms with E-state index in [0.29, 0.717) is 0 Å². The fraction of sp³-hybridized carbons (Fsp3) is 0.562. The number of aromatic carboxylic acids is 1. The molecule has 0 radical (unpaired) electrons. The van der Waals surface area contributed by atoms with Crippen molar-refractivity contribution in [1.82, 2.24) is 4.90 Å². The number of anilines is 1. The number of thioether (sulfide) groups is 1. The third kappa shape index (κ3) is 3.40. The van der Waals surface area contributed by atoms with Gasteiger partial charge in [-0.05, 0) is 49.3 Å². The van der Waals surface area contributed by atoms with Gasteiger partial charge in [0.15, 0.2) is 0 Å². The fourth-order valence-electron chi connectivity index (χ4n) is 3.81. The van der Waals surface area contributed by atoms with Crippen molar-refractivity contribution in [3.05, 3.63) is 16.0 Å². The topological polar surface area (TPSA) is 107 Å². The summed E-state index contributed by atoms with van der Waals surface area (Å²) >= 11 is 2.97. The number of rotatable bonds is 5. The van der Waals surface area contributed by atoms with Crippen molar-refractivity contribution in [2.75, 3.05) is 30.4 Å². The second-order valence-corrected chi connectivity index (χ2v) is 8.32. The van der Waals surface area contributed by atoms with E-state index in [2.05, 4.69) is 10.2 Å². The summed E-state index contributed by atoms with van der Waals surface area (Å²) in [5, 5.41) is 21.0. The number of carbonyl (C=O) groups excluding carboxylic acids is 1. The molecule has 3 heterocycles. The van der Waals surface area contributed by atoms with Gasteiger partial charge in [0.2, 0.25) is 0 Å². The van der Waals surface area contributed by atoms with E-state index < -0.39 is 17.8 Å². The van der Waals surface area contributed by atoms with Gasteiger partial charge in [0.25, 0.3) is 0 Å². The van der Waals surface area contributed by atoms with E-state index in [0.717, 1.165) is 48.5 Å². The van der Waals surface area contributed by atoms with Crippen LogP contribution in [0.3, 0.4) is 0 Å². The average Bonchev–Trinajstić information content (AvgIpc) is 2.94. The molecule has 136 valence electrons. The van der Waals surface area contributed by atoms with Crippen LogP contribution in [0.4, 0.5) is 5.00 Å². The number of hydrogen-bond acceptors (Lipinski definition) is 6.